The summed E-state index contributed by atoms with van der Waals surface area (Å²) in [5, 5.41) is 0.413. The van der Waals surface area contributed by atoms with Gasteiger partial charge in [-0.2, -0.15) is 0 Å². The van der Waals surface area contributed by atoms with E-state index in [0.29, 0.717) is 22.3 Å². The monoisotopic (exact) mass is 275 g/mol. The molecule has 0 saturated carbocycles. The Morgan fingerprint density at radius 3 is 2.75 bits per heavy atom. The van der Waals surface area contributed by atoms with Crippen molar-refractivity contribution in [2.24, 2.45) is 5.73 Å². The number of hydrogen-bond acceptors (Lipinski definition) is 5. The smallest absolute Gasteiger partial charge is 0.258 e. The van der Waals surface area contributed by atoms with Gasteiger partial charge in [0.05, 0.1) is 35.1 Å². The number of hydrogen-bond donors (Lipinski definition) is 3. The van der Waals surface area contributed by atoms with Crippen molar-refractivity contribution in [3.05, 3.63) is 28.8 Å². The van der Waals surface area contributed by atoms with Crippen LogP contribution in [-0.4, -0.2) is 28.5 Å². The number of carbonyl (C=O) groups excluding carboxylic acids is 1. The van der Waals surface area contributed by atoms with Crippen LogP contribution in [0, 0.1) is 0 Å². The molecule has 0 aliphatic carbocycles. The second kappa shape index (κ2) is 5.20. The molecule has 1 aromatic heterocycles. The predicted molar refractivity (Wildman–Crippen MR) is 78.5 cm³/mol. The van der Waals surface area contributed by atoms with Crippen LogP contribution < -0.4 is 21.9 Å². The summed E-state index contributed by atoms with van der Waals surface area (Å²) in [5.74, 6) is -0.447. The number of anilines is 2. The van der Waals surface area contributed by atoms with E-state index in [-0.39, 0.29) is 18.1 Å². The number of nitrogens with one attached hydrogen (secondary N) is 1. The Hall–Kier alpha value is -2.57. The minimum Gasteiger partial charge on any atom is -0.397 e. The summed E-state index contributed by atoms with van der Waals surface area (Å²) in [4.78, 5) is 31.3. The van der Waals surface area contributed by atoms with Gasteiger partial charge < -0.3 is 21.4 Å². The van der Waals surface area contributed by atoms with Gasteiger partial charge in [0, 0.05) is 6.04 Å². The van der Waals surface area contributed by atoms with Gasteiger partial charge in [0.2, 0.25) is 5.91 Å². The fourth-order valence-corrected chi connectivity index (χ4v) is 2.08. The quantitative estimate of drug-likeness (QED) is 0.689. The zero-order valence-electron chi connectivity index (χ0n) is 11.4. The van der Waals surface area contributed by atoms with Gasteiger partial charge in [-0.25, -0.2) is 4.98 Å². The molecular formula is C13H17N5O2. The topological polar surface area (TPSA) is 118 Å². The van der Waals surface area contributed by atoms with E-state index in [1.165, 1.54) is 6.33 Å². The summed E-state index contributed by atoms with van der Waals surface area (Å²) in [7, 11) is 0. The molecule has 0 fully saturated rings. The molecule has 0 radical (unpaired) electrons. The van der Waals surface area contributed by atoms with Crippen LogP contribution in [-0.2, 0) is 4.79 Å². The van der Waals surface area contributed by atoms with Gasteiger partial charge in [-0.15, -0.1) is 0 Å². The number of aromatic amines is 1. The number of carbonyl (C=O) groups is 1. The van der Waals surface area contributed by atoms with Crippen LogP contribution in [0.3, 0.4) is 0 Å². The van der Waals surface area contributed by atoms with E-state index in [1.807, 2.05) is 13.8 Å². The van der Waals surface area contributed by atoms with Crippen molar-refractivity contribution in [3.8, 4) is 0 Å². The number of benzene rings is 1. The van der Waals surface area contributed by atoms with Gasteiger partial charge in [-0.05, 0) is 26.0 Å². The molecule has 0 bridgehead atoms. The molecule has 106 valence electrons. The molecular weight excluding hydrogens is 258 g/mol. The third-order valence-electron chi connectivity index (χ3n) is 3.05. The Morgan fingerprint density at radius 2 is 2.15 bits per heavy atom. The van der Waals surface area contributed by atoms with Gasteiger partial charge >= 0.3 is 0 Å². The third-order valence-corrected chi connectivity index (χ3v) is 3.05. The summed E-state index contributed by atoms with van der Waals surface area (Å²) in [6.07, 6.45) is 1.33. The van der Waals surface area contributed by atoms with Crippen LogP contribution in [0.25, 0.3) is 10.9 Å². The van der Waals surface area contributed by atoms with Crippen molar-refractivity contribution in [2.75, 3.05) is 17.2 Å². The zero-order chi connectivity index (χ0) is 14.9. The minimum atomic E-state index is -0.447. The Kier molecular flexibility index (Phi) is 3.60. The number of nitrogens with zero attached hydrogens (tertiary/aromatic N) is 2. The van der Waals surface area contributed by atoms with Crippen molar-refractivity contribution < 1.29 is 4.79 Å². The van der Waals surface area contributed by atoms with E-state index in [9.17, 15) is 9.59 Å². The predicted octanol–water partition coefficient (Wildman–Crippen LogP) is 0.205. The average Bonchev–Trinajstić information content (AvgIpc) is 2.36. The maximum absolute atomic E-state index is 11.7. The van der Waals surface area contributed by atoms with Crippen LogP contribution in [0.15, 0.2) is 23.3 Å². The van der Waals surface area contributed by atoms with Crippen LogP contribution in [0.2, 0.25) is 0 Å². The van der Waals surface area contributed by atoms with Crippen molar-refractivity contribution in [1.82, 2.24) is 9.97 Å². The zero-order valence-corrected chi connectivity index (χ0v) is 11.4. The first-order valence-corrected chi connectivity index (χ1v) is 6.22. The Balaban J connectivity index is 2.61. The fourth-order valence-electron chi connectivity index (χ4n) is 2.08. The molecule has 0 atom stereocenters. The first-order valence-electron chi connectivity index (χ1n) is 6.22. The second-order valence-corrected chi connectivity index (χ2v) is 4.85. The number of H-pyrrole nitrogens is 1. The fraction of sp³-hybridized carbons (Fsp3) is 0.308. The lowest BCUT2D eigenvalue weighted by atomic mass is 10.1. The highest BCUT2D eigenvalue weighted by atomic mass is 16.1. The van der Waals surface area contributed by atoms with Gasteiger partial charge in [0.25, 0.3) is 5.56 Å². The summed E-state index contributed by atoms with van der Waals surface area (Å²) < 4.78 is 0. The first kappa shape index (κ1) is 13.9. The lowest BCUT2D eigenvalue weighted by Crippen LogP contribution is -2.39. The number of amides is 1. The molecule has 0 aliphatic heterocycles. The second-order valence-electron chi connectivity index (χ2n) is 4.85. The molecule has 5 N–H and O–H groups in total. The molecule has 20 heavy (non-hydrogen) atoms. The van der Waals surface area contributed by atoms with Crippen molar-refractivity contribution >= 4 is 28.2 Å². The van der Waals surface area contributed by atoms with E-state index < -0.39 is 5.91 Å². The Labute approximate surface area is 115 Å². The van der Waals surface area contributed by atoms with E-state index in [1.54, 1.807) is 17.0 Å². The largest absolute Gasteiger partial charge is 0.397 e. The Bertz CT molecular complexity index is 707. The van der Waals surface area contributed by atoms with E-state index in [4.69, 9.17) is 11.5 Å². The number of fused-ring (bicyclic) bond motifs is 1. The van der Waals surface area contributed by atoms with Crippen LogP contribution in [0.4, 0.5) is 11.4 Å². The SMILES string of the molecule is CC(C)N(CC(N)=O)c1cc2nc[nH]c(=O)c2cc1N. The van der Waals surface area contributed by atoms with Gasteiger partial charge in [-0.3, -0.25) is 9.59 Å². The van der Waals surface area contributed by atoms with E-state index >= 15 is 0 Å². The highest BCUT2D eigenvalue weighted by Crippen LogP contribution is 2.28. The molecule has 2 rings (SSSR count). The number of rotatable bonds is 4. The lowest BCUT2D eigenvalue weighted by molar-refractivity contribution is -0.116. The van der Waals surface area contributed by atoms with Gasteiger partial charge in [-0.1, -0.05) is 0 Å². The number of primary amides is 1. The molecule has 0 saturated heterocycles. The maximum Gasteiger partial charge on any atom is 0.258 e. The first-order chi connectivity index (χ1) is 9.40. The van der Waals surface area contributed by atoms with Crippen LogP contribution in [0.5, 0.6) is 0 Å². The molecule has 1 aromatic carbocycles. The molecule has 7 nitrogen and oxygen atoms in total. The third kappa shape index (κ3) is 2.56. The standard InChI is InChI=1S/C13H17N5O2/c1-7(2)18(5-12(15)19)11-4-10-8(3-9(11)14)13(20)17-6-16-10/h3-4,6-7H,5,14H2,1-2H3,(H2,15,19)(H,16,17,20). The molecule has 7 heteroatoms. The summed E-state index contributed by atoms with van der Waals surface area (Å²) in [5.41, 5.74) is 12.6. The summed E-state index contributed by atoms with van der Waals surface area (Å²) >= 11 is 0. The van der Waals surface area contributed by atoms with Crippen LogP contribution in [0.1, 0.15) is 13.8 Å². The number of aromatic nitrogens is 2. The Morgan fingerprint density at radius 1 is 1.45 bits per heavy atom. The lowest BCUT2D eigenvalue weighted by Gasteiger charge is -2.28. The maximum atomic E-state index is 11.7. The molecule has 0 unspecified atom stereocenters. The molecule has 0 spiro atoms. The molecule has 1 heterocycles. The summed E-state index contributed by atoms with van der Waals surface area (Å²) in [6.45, 7) is 3.91. The minimum absolute atomic E-state index is 0.0317. The van der Waals surface area contributed by atoms with Crippen molar-refractivity contribution in [3.63, 3.8) is 0 Å². The molecule has 2 aromatic rings. The van der Waals surface area contributed by atoms with Crippen molar-refractivity contribution in [2.45, 2.75) is 19.9 Å². The molecule has 0 aliphatic rings. The average molecular weight is 275 g/mol. The summed E-state index contributed by atoms with van der Waals surface area (Å²) in [6, 6.07) is 3.29. The number of nitrogen functional groups attached to an aromatic ring is 1. The van der Waals surface area contributed by atoms with Gasteiger partial charge in [0.1, 0.15) is 0 Å². The van der Waals surface area contributed by atoms with Crippen LogP contribution >= 0.6 is 0 Å². The van der Waals surface area contributed by atoms with E-state index in [0.717, 1.165) is 0 Å². The number of nitrogens with two attached hydrogens (primary N) is 2. The van der Waals surface area contributed by atoms with Crippen molar-refractivity contribution in [1.29, 1.82) is 0 Å². The highest BCUT2D eigenvalue weighted by Gasteiger charge is 2.17. The van der Waals surface area contributed by atoms with Gasteiger partial charge in [0.15, 0.2) is 0 Å². The van der Waals surface area contributed by atoms with E-state index in [2.05, 4.69) is 9.97 Å². The molecule has 1 amide bonds. The normalized spacial score (nSPS) is 10.9. The highest BCUT2D eigenvalue weighted by molar-refractivity contribution is 5.90.